The number of fused-ring (bicyclic) bond motifs is 1. The van der Waals surface area contributed by atoms with Gasteiger partial charge in [0.25, 0.3) is 0 Å². The van der Waals surface area contributed by atoms with Gasteiger partial charge >= 0.3 is 0 Å². The molecule has 0 aromatic heterocycles. The lowest BCUT2D eigenvalue weighted by Crippen LogP contribution is -2.34. The van der Waals surface area contributed by atoms with Crippen molar-refractivity contribution in [2.45, 2.75) is 32.7 Å². The van der Waals surface area contributed by atoms with Gasteiger partial charge in [-0.05, 0) is 43.5 Å². The summed E-state index contributed by atoms with van der Waals surface area (Å²) in [7, 11) is 1.68. The molecule has 1 aliphatic rings. The molecule has 20 heavy (non-hydrogen) atoms. The highest BCUT2D eigenvalue weighted by Gasteiger charge is 2.21. The third-order valence-corrected chi connectivity index (χ3v) is 3.91. The summed E-state index contributed by atoms with van der Waals surface area (Å²) < 4.78 is 0. The van der Waals surface area contributed by atoms with Crippen LogP contribution < -0.4 is 15.5 Å². The van der Waals surface area contributed by atoms with Gasteiger partial charge < -0.3 is 15.5 Å². The maximum atomic E-state index is 11.5. The van der Waals surface area contributed by atoms with E-state index in [4.69, 9.17) is 0 Å². The first kappa shape index (κ1) is 14.9. The highest BCUT2D eigenvalue weighted by atomic mass is 16.1. The highest BCUT2D eigenvalue weighted by molar-refractivity contribution is 5.82. The number of nitrogens with one attached hydrogen (secondary N) is 2. The van der Waals surface area contributed by atoms with Crippen LogP contribution in [0.25, 0.3) is 0 Å². The van der Waals surface area contributed by atoms with Crippen molar-refractivity contribution >= 4 is 11.6 Å². The van der Waals surface area contributed by atoms with Crippen molar-refractivity contribution in [2.75, 3.05) is 31.6 Å². The Kier molecular flexibility index (Phi) is 5.01. The number of benzene rings is 1. The first-order chi connectivity index (χ1) is 9.65. The number of carbonyl (C=O) groups is 1. The van der Waals surface area contributed by atoms with E-state index < -0.39 is 0 Å². The molecule has 0 saturated heterocycles. The molecule has 110 valence electrons. The lowest BCUT2D eigenvalue weighted by Gasteiger charge is -2.19. The summed E-state index contributed by atoms with van der Waals surface area (Å²) in [5.74, 6) is 0.0694. The molecule has 0 spiro atoms. The third kappa shape index (κ3) is 3.31. The van der Waals surface area contributed by atoms with Gasteiger partial charge in [-0.3, -0.25) is 4.79 Å². The maximum Gasteiger partial charge on any atom is 0.239 e. The summed E-state index contributed by atoms with van der Waals surface area (Å²) in [5.41, 5.74) is 3.90. The second-order valence-corrected chi connectivity index (χ2v) is 5.41. The molecule has 4 heteroatoms. The van der Waals surface area contributed by atoms with Crippen molar-refractivity contribution in [3.63, 3.8) is 0 Å². The molecule has 0 aliphatic carbocycles. The van der Waals surface area contributed by atoms with Gasteiger partial charge in [-0.15, -0.1) is 0 Å². The maximum absolute atomic E-state index is 11.5. The van der Waals surface area contributed by atoms with E-state index in [9.17, 15) is 4.79 Å². The normalized spacial score (nSPS) is 15.1. The lowest BCUT2D eigenvalue weighted by atomic mass is 10.0. The average molecular weight is 275 g/mol. The Morgan fingerprint density at radius 2 is 2.25 bits per heavy atom. The molecule has 0 fully saturated rings. The summed E-state index contributed by atoms with van der Waals surface area (Å²) in [6.07, 6.45) is 2.18. The minimum atomic E-state index is 0.0694. The van der Waals surface area contributed by atoms with E-state index in [1.54, 1.807) is 7.05 Å². The van der Waals surface area contributed by atoms with E-state index in [-0.39, 0.29) is 5.91 Å². The number of nitrogens with zero attached hydrogens (tertiary/aromatic N) is 1. The number of hydrogen-bond acceptors (Lipinski definition) is 3. The molecule has 1 heterocycles. The van der Waals surface area contributed by atoms with Crippen molar-refractivity contribution in [3.05, 3.63) is 29.3 Å². The van der Waals surface area contributed by atoms with Gasteiger partial charge in [0.15, 0.2) is 0 Å². The summed E-state index contributed by atoms with van der Waals surface area (Å²) in [5, 5.41) is 6.20. The van der Waals surface area contributed by atoms with Crippen LogP contribution in [0.2, 0.25) is 0 Å². The van der Waals surface area contributed by atoms with Crippen molar-refractivity contribution in [2.24, 2.45) is 0 Å². The largest absolute Gasteiger partial charge is 0.362 e. The summed E-state index contributed by atoms with van der Waals surface area (Å²) >= 11 is 0. The molecule has 2 N–H and O–H groups in total. The Balaban J connectivity index is 2.08. The molecule has 1 aromatic rings. The summed E-state index contributed by atoms with van der Waals surface area (Å²) in [4.78, 5) is 13.7. The van der Waals surface area contributed by atoms with E-state index >= 15 is 0 Å². The van der Waals surface area contributed by atoms with Crippen LogP contribution in [0.5, 0.6) is 0 Å². The number of hydrogen-bond donors (Lipinski definition) is 2. The van der Waals surface area contributed by atoms with Crippen LogP contribution in [0.1, 0.15) is 37.4 Å². The van der Waals surface area contributed by atoms with E-state index in [1.165, 1.54) is 16.8 Å². The monoisotopic (exact) mass is 275 g/mol. The zero-order valence-corrected chi connectivity index (χ0v) is 12.7. The molecule has 1 aromatic carbocycles. The zero-order valence-electron chi connectivity index (χ0n) is 12.7. The number of carbonyl (C=O) groups excluding carboxylic acids is 1. The van der Waals surface area contributed by atoms with Crippen molar-refractivity contribution < 1.29 is 4.79 Å². The predicted molar refractivity (Wildman–Crippen MR) is 83.1 cm³/mol. The quantitative estimate of drug-likeness (QED) is 0.833. The van der Waals surface area contributed by atoms with Crippen LogP contribution >= 0.6 is 0 Å². The van der Waals surface area contributed by atoms with Crippen molar-refractivity contribution in [1.82, 2.24) is 10.6 Å². The van der Waals surface area contributed by atoms with E-state index in [0.717, 1.165) is 25.9 Å². The Morgan fingerprint density at radius 3 is 2.95 bits per heavy atom. The fraction of sp³-hybridized carbons (Fsp3) is 0.562. The molecule has 1 atom stereocenters. The van der Waals surface area contributed by atoms with Crippen LogP contribution in [0.15, 0.2) is 18.2 Å². The van der Waals surface area contributed by atoms with Crippen LogP contribution in [0, 0.1) is 0 Å². The minimum Gasteiger partial charge on any atom is -0.362 e. The van der Waals surface area contributed by atoms with Gasteiger partial charge in [-0.1, -0.05) is 19.1 Å². The molecular weight excluding hydrogens is 250 g/mol. The zero-order chi connectivity index (χ0) is 14.5. The Morgan fingerprint density at radius 1 is 1.45 bits per heavy atom. The van der Waals surface area contributed by atoms with Crippen LogP contribution in [-0.2, 0) is 11.2 Å². The van der Waals surface area contributed by atoms with Crippen molar-refractivity contribution in [3.8, 4) is 0 Å². The average Bonchev–Trinajstić information content (AvgIpc) is 2.86. The third-order valence-electron chi connectivity index (χ3n) is 3.91. The Hall–Kier alpha value is -1.55. The molecule has 4 nitrogen and oxygen atoms in total. The molecule has 2 rings (SSSR count). The first-order valence-electron chi connectivity index (χ1n) is 7.47. The van der Waals surface area contributed by atoms with Gasteiger partial charge in [0.05, 0.1) is 6.54 Å². The molecular formula is C16H25N3O. The van der Waals surface area contributed by atoms with E-state index in [2.05, 4.69) is 47.6 Å². The van der Waals surface area contributed by atoms with Crippen LogP contribution in [-0.4, -0.2) is 32.6 Å². The fourth-order valence-electron chi connectivity index (χ4n) is 2.65. The highest BCUT2D eigenvalue weighted by Crippen LogP contribution is 2.30. The molecule has 0 radical (unpaired) electrons. The standard InChI is InChI=1S/C16H25N3O/c1-4-8-18-12(2)13-5-6-15-14(10-13)7-9-19(15)11-16(20)17-3/h5-6,10,12,18H,4,7-9,11H2,1-3H3,(H,17,20). The SMILES string of the molecule is CCCNC(C)c1ccc2c(c1)CCN2CC(=O)NC. The Bertz CT molecular complexity index is 473. The van der Waals surface area contributed by atoms with Gasteiger partial charge in [-0.25, -0.2) is 0 Å². The number of likely N-dealkylation sites (N-methyl/N-ethyl adjacent to an activating group) is 1. The second kappa shape index (κ2) is 6.75. The number of amides is 1. The first-order valence-corrected chi connectivity index (χ1v) is 7.47. The molecule has 0 bridgehead atoms. The second-order valence-electron chi connectivity index (χ2n) is 5.41. The topological polar surface area (TPSA) is 44.4 Å². The van der Waals surface area contributed by atoms with Crippen LogP contribution in [0.3, 0.4) is 0 Å². The fourth-order valence-corrected chi connectivity index (χ4v) is 2.65. The summed E-state index contributed by atoms with van der Waals surface area (Å²) in [6.45, 7) is 6.81. The lowest BCUT2D eigenvalue weighted by molar-refractivity contribution is -0.119. The number of rotatable bonds is 6. The molecule has 1 amide bonds. The van der Waals surface area contributed by atoms with Gasteiger partial charge in [0.2, 0.25) is 5.91 Å². The summed E-state index contributed by atoms with van der Waals surface area (Å²) in [6, 6.07) is 7.00. The van der Waals surface area contributed by atoms with Crippen LogP contribution in [0.4, 0.5) is 5.69 Å². The molecule has 0 saturated carbocycles. The van der Waals surface area contributed by atoms with Crippen molar-refractivity contribution in [1.29, 1.82) is 0 Å². The van der Waals surface area contributed by atoms with E-state index in [0.29, 0.717) is 12.6 Å². The molecule has 1 aliphatic heterocycles. The predicted octanol–water partition coefficient (Wildman–Crippen LogP) is 1.86. The molecule has 1 unspecified atom stereocenters. The number of anilines is 1. The van der Waals surface area contributed by atoms with Gasteiger partial charge in [0.1, 0.15) is 0 Å². The smallest absolute Gasteiger partial charge is 0.239 e. The van der Waals surface area contributed by atoms with E-state index in [1.807, 2.05) is 0 Å². The van der Waals surface area contributed by atoms with Gasteiger partial charge in [-0.2, -0.15) is 0 Å². The van der Waals surface area contributed by atoms with Gasteiger partial charge in [0, 0.05) is 25.3 Å². The Labute approximate surface area is 121 Å². The minimum absolute atomic E-state index is 0.0694.